The number of hydrogen-bond donors (Lipinski definition) is 2. The Hall–Kier alpha value is -1.15. The van der Waals surface area contributed by atoms with E-state index in [-0.39, 0.29) is 23.2 Å². The van der Waals surface area contributed by atoms with E-state index >= 15 is 0 Å². The number of rotatable bonds is 7. The van der Waals surface area contributed by atoms with Gasteiger partial charge in [-0.3, -0.25) is 4.79 Å². The molecule has 0 radical (unpaired) electrons. The normalized spacial score (nSPS) is 15.7. The van der Waals surface area contributed by atoms with Crippen molar-refractivity contribution in [3.63, 3.8) is 0 Å². The maximum atomic E-state index is 12.7. The molecule has 1 aromatic rings. The number of likely N-dealkylation sites (tertiary alicyclic amines) is 1. The zero-order valence-electron chi connectivity index (χ0n) is 14.8. The third kappa shape index (κ3) is 5.95. The zero-order valence-corrected chi connectivity index (χ0v) is 16.5. The van der Waals surface area contributed by atoms with E-state index in [1.54, 1.807) is 19.1 Å². The lowest BCUT2D eigenvalue weighted by Crippen LogP contribution is -2.39. The number of halogens is 1. The summed E-state index contributed by atoms with van der Waals surface area (Å²) in [6.07, 6.45) is 3.14. The molecule has 1 heterocycles. The minimum absolute atomic E-state index is 0. The Morgan fingerprint density at radius 2 is 1.96 bits per heavy atom. The van der Waals surface area contributed by atoms with Crippen LogP contribution in [0.2, 0.25) is 0 Å². The second-order valence-corrected chi connectivity index (χ2v) is 7.92. The van der Waals surface area contributed by atoms with Crippen LogP contribution in [-0.4, -0.2) is 52.5 Å². The average Bonchev–Trinajstić information content (AvgIpc) is 2.60. The van der Waals surface area contributed by atoms with E-state index in [0.717, 1.165) is 38.9 Å². The molecule has 1 aromatic carbocycles. The molecule has 2 rings (SSSR count). The van der Waals surface area contributed by atoms with Gasteiger partial charge in [0.1, 0.15) is 0 Å². The molecule has 1 fully saturated rings. The first-order valence-electron chi connectivity index (χ1n) is 8.51. The second kappa shape index (κ2) is 10.1. The lowest BCUT2D eigenvalue weighted by atomic mass is 9.93. The summed E-state index contributed by atoms with van der Waals surface area (Å²) in [5, 5.41) is 3.16. The maximum absolute atomic E-state index is 12.7. The second-order valence-electron chi connectivity index (χ2n) is 6.16. The minimum atomic E-state index is -3.54. The molecule has 0 unspecified atom stereocenters. The van der Waals surface area contributed by atoms with Crippen LogP contribution in [0.25, 0.3) is 0 Å². The molecule has 0 saturated carbocycles. The van der Waals surface area contributed by atoms with Crippen molar-refractivity contribution in [2.45, 2.75) is 31.1 Å². The number of nitrogens with one attached hydrogen (secondary N) is 2. The molecular weight excluding hydrogens is 362 g/mol. The van der Waals surface area contributed by atoms with Crippen molar-refractivity contribution in [1.82, 2.24) is 14.9 Å². The summed E-state index contributed by atoms with van der Waals surface area (Å²) >= 11 is 0. The molecule has 0 spiro atoms. The predicted octanol–water partition coefficient (Wildman–Crippen LogP) is 1.87. The molecule has 0 aliphatic carbocycles. The zero-order chi connectivity index (χ0) is 17.6. The number of nitrogens with zero attached hydrogens (tertiary/aromatic N) is 1. The van der Waals surface area contributed by atoms with Gasteiger partial charge in [0.2, 0.25) is 10.0 Å². The summed E-state index contributed by atoms with van der Waals surface area (Å²) < 4.78 is 26.6. The molecule has 1 saturated heterocycles. The molecule has 0 atom stereocenters. The van der Waals surface area contributed by atoms with Crippen LogP contribution >= 0.6 is 12.4 Å². The predicted molar refractivity (Wildman–Crippen MR) is 102 cm³/mol. The van der Waals surface area contributed by atoms with Gasteiger partial charge in [0.25, 0.3) is 5.91 Å². The Labute approximate surface area is 156 Å². The minimum Gasteiger partial charge on any atom is -0.339 e. The summed E-state index contributed by atoms with van der Waals surface area (Å²) in [6.45, 7) is 4.52. The van der Waals surface area contributed by atoms with Crippen LogP contribution < -0.4 is 10.0 Å². The Morgan fingerprint density at radius 1 is 1.28 bits per heavy atom. The van der Waals surface area contributed by atoms with Crippen LogP contribution in [0.15, 0.2) is 29.2 Å². The molecule has 8 heteroatoms. The summed E-state index contributed by atoms with van der Waals surface area (Å²) in [5.41, 5.74) is 0.433. The van der Waals surface area contributed by atoms with Gasteiger partial charge in [-0.05, 0) is 57.0 Å². The van der Waals surface area contributed by atoms with Crippen LogP contribution in [0, 0.1) is 5.92 Å². The Morgan fingerprint density at radius 3 is 2.56 bits per heavy atom. The lowest BCUT2D eigenvalue weighted by molar-refractivity contribution is 0.0687. The molecule has 1 amide bonds. The highest BCUT2D eigenvalue weighted by Crippen LogP contribution is 2.22. The van der Waals surface area contributed by atoms with Crippen molar-refractivity contribution < 1.29 is 13.2 Å². The molecule has 1 aliphatic heterocycles. The van der Waals surface area contributed by atoms with Crippen molar-refractivity contribution >= 4 is 28.3 Å². The Balaban J connectivity index is 0.00000312. The van der Waals surface area contributed by atoms with Crippen LogP contribution in [0.4, 0.5) is 0 Å². The highest BCUT2D eigenvalue weighted by molar-refractivity contribution is 7.89. The third-order valence-corrected chi connectivity index (χ3v) is 5.97. The number of piperidine rings is 1. The smallest absolute Gasteiger partial charge is 0.253 e. The molecule has 1 aliphatic rings. The van der Waals surface area contributed by atoms with Gasteiger partial charge in [-0.25, -0.2) is 13.1 Å². The van der Waals surface area contributed by atoms with E-state index in [9.17, 15) is 13.2 Å². The molecular formula is C17H28ClN3O3S. The van der Waals surface area contributed by atoms with E-state index in [1.165, 1.54) is 12.1 Å². The van der Waals surface area contributed by atoms with Gasteiger partial charge in [-0.1, -0.05) is 13.0 Å². The van der Waals surface area contributed by atoms with Gasteiger partial charge in [0.15, 0.2) is 0 Å². The van der Waals surface area contributed by atoms with Gasteiger partial charge in [-0.2, -0.15) is 0 Å². The topological polar surface area (TPSA) is 78.5 Å². The summed E-state index contributed by atoms with van der Waals surface area (Å²) in [5.74, 6) is 0.567. The van der Waals surface area contributed by atoms with E-state index in [2.05, 4.69) is 10.0 Å². The van der Waals surface area contributed by atoms with Gasteiger partial charge in [0, 0.05) is 25.2 Å². The number of sulfonamides is 1. The van der Waals surface area contributed by atoms with Crippen LogP contribution in [0.5, 0.6) is 0 Å². The fourth-order valence-corrected chi connectivity index (χ4v) is 4.11. The number of carbonyl (C=O) groups is 1. The Kier molecular flexibility index (Phi) is 8.85. The van der Waals surface area contributed by atoms with Crippen molar-refractivity contribution in [2.24, 2.45) is 5.92 Å². The SMILES string of the molecule is CCNS(=O)(=O)c1cccc(C(=O)N2CCC(CCNC)CC2)c1.Cl. The van der Waals surface area contributed by atoms with E-state index in [0.29, 0.717) is 18.0 Å². The fourth-order valence-electron chi connectivity index (χ4n) is 3.03. The molecule has 0 bridgehead atoms. The van der Waals surface area contributed by atoms with Gasteiger partial charge >= 0.3 is 0 Å². The van der Waals surface area contributed by atoms with Gasteiger partial charge in [-0.15, -0.1) is 12.4 Å². The van der Waals surface area contributed by atoms with Crippen LogP contribution in [0.3, 0.4) is 0 Å². The van der Waals surface area contributed by atoms with Crippen molar-refractivity contribution in [3.8, 4) is 0 Å². The largest absolute Gasteiger partial charge is 0.339 e. The number of amides is 1. The monoisotopic (exact) mass is 389 g/mol. The van der Waals surface area contributed by atoms with Crippen LogP contribution in [0.1, 0.15) is 36.5 Å². The molecule has 142 valence electrons. The van der Waals surface area contributed by atoms with Crippen molar-refractivity contribution in [2.75, 3.05) is 33.2 Å². The molecule has 0 aromatic heterocycles. The molecule has 25 heavy (non-hydrogen) atoms. The molecule has 2 N–H and O–H groups in total. The van der Waals surface area contributed by atoms with Gasteiger partial charge < -0.3 is 10.2 Å². The first-order chi connectivity index (χ1) is 11.5. The standard InChI is InChI=1S/C17H27N3O3S.ClH/c1-3-19-24(22,23)16-6-4-5-15(13-16)17(21)20-11-8-14(9-12-20)7-10-18-2;/h4-6,13-14,18-19H,3,7-12H2,1-2H3;1H. The third-order valence-electron chi connectivity index (χ3n) is 4.43. The van der Waals surface area contributed by atoms with Crippen LogP contribution in [-0.2, 0) is 10.0 Å². The number of carbonyl (C=O) groups excluding carboxylic acids is 1. The fraction of sp³-hybridized carbons (Fsp3) is 0.588. The summed E-state index contributed by atoms with van der Waals surface area (Å²) in [7, 11) is -1.59. The van der Waals surface area contributed by atoms with Crippen molar-refractivity contribution in [1.29, 1.82) is 0 Å². The molecule has 6 nitrogen and oxygen atoms in total. The maximum Gasteiger partial charge on any atom is 0.253 e. The van der Waals surface area contributed by atoms with E-state index in [4.69, 9.17) is 0 Å². The van der Waals surface area contributed by atoms with Crippen molar-refractivity contribution in [3.05, 3.63) is 29.8 Å². The summed E-state index contributed by atoms with van der Waals surface area (Å²) in [4.78, 5) is 14.6. The highest BCUT2D eigenvalue weighted by Gasteiger charge is 2.24. The number of hydrogen-bond acceptors (Lipinski definition) is 4. The Bertz CT molecular complexity index is 659. The number of benzene rings is 1. The average molecular weight is 390 g/mol. The quantitative estimate of drug-likeness (QED) is 0.746. The van der Waals surface area contributed by atoms with E-state index < -0.39 is 10.0 Å². The highest BCUT2D eigenvalue weighted by atomic mass is 35.5. The first kappa shape index (κ1) is 21.9. The first-order valence-corrected chi connectivity index (χ1v) is 10.00. The summed E-state index contributed by atoms with van der Waals surface area (Å²) in [6, 6.07) is 6.28. The van der Waals surface area contributed by atoms with Gasteiger partial charge in [0.05, 0.1) is 4.90 Å². The van der Waals surface area contributed by atoms with E-state index in [1.807, 2.05) is 11.9 Å². The lowest BCUT2D eigenvalue weighted by Gasteiger charge is -2.32.